The molecule has 4 nitrogen and oxygen atoms in total. The first-order valence-electron chi connectivity index (χ1n) is 4.15. The molecule has 14 heavy (non-hydrogen) atoms. The molecule has 0 saturated carbocycles. The van der Waals surface area contributed by atoms with Gasteiger partial charge in [-0.1, -0.05) is 18.2 Å². The molecule has 0 atom stereocenters. The van der Waals surface area contributed by atoms with Crippen LogP contribution in [0.2, 0.25) is 0 Å². The topological polar surface area (TPSA) is 44.5 Å². The van der Waals surface area contributed by atoms with Crippen LogP contribution in [0.15, 0.2) is 47.2 Å². The summed E-state index contributed by atoms with van der Waals surface area (Å²) in [6.07, 6.45) is 3.16. The Balaban J connectivity index is 1.79. The van der Waals surface area contributed by atoms with Crippen LogP contribution in [0.3, 0.4) is 0 Å². The predicted molar refractivity (Wildman–Crippen MR) is 51.4 cm³/mol. The van der Waals surface area contributed by atoms with Crippen LogP contribution in [0.1, 0.15) is 0 Å². The fourth-order valence-corrected chi connectivity index (χ4v) is 0.946. The van der Waals surface area contributed by atoms with Gasteiger partial charge in [0.2, 0.25) is 0 Å². The Hall–Kier alpha value is -1.91. The Labute approximate surface area is 81.8 Å². The van der Waals surface area contributed by atoms with Crippen LogP contribution in [0.25, 0.3) is 0 Å². The van der Waals surface area contributed by atoms with Crippen molar-refractivity contribution in [2.75, 3.05) is 0 Å². The van der Waals surface area contributed by atoms with E-state index in [-0.39, 0.29) is 13.8 Å². The molecule has 0 amide bonds. The molecule has 1 aromatic carbocycles. The highest BCUT2D eigenvalue weighted by atomic mass is 16.6. The van der Waals surface area contributed by atoms with Crippen LogP contribution in [0, 0.1) is 0 Å². The summed E-state index contributed by atoms with van der Waals surface area (Å²) in [5, 5.41) is 0. The smallest absolute Gasteiger partial charge is 0.528 e. The van der Waals surface area contributed by atoms with Crippen molar-refractivity contribution >= 4 is 7.69 Å². The molecule has 0 bridgehead atoms. The molecule has 0 saturated heterocycles. The number of benzene rings is 1. The van der Waals surface area contributed by atoms with Gasteiger partial charge in [-0.3, -0.25) is 0 Å². The molecule has 0 aliphatic rings. The number of hydrogen-bond donors (Lipinski definition) is 0. The van der Waals surface area contributed by atoms with E-state index in [0.29, 0.717) is 0 Å². The van der Waals surface area contributed by atoms with Crippen LogP contribution in [0.5, 0.6) is 11.8 Å². The zero-order valence-electron chi connectivity index (χ0n) is 7.42. The van der Waals surface area contributed by atoms with Gasteiger partial charge in [0.1, 0.15) is 12.0 Å². The van der Waals surface area contributed by atoms with E-state index in [4.69, 9.17) is 13.7 Å². The van der Waals surface area contributed by atoms with Gasteiger partial charge in [0.15, 0.2) is 0 Å². The van der Waals surface area contributed by atoms with Crippen molar-refractivity contribution in [3.05, 3.63) is 42.8 Å². The molecule has 0 aliphatic carbocycles. The van der Waals surface area contributed by atoms with Crippen molar-refractivity contribution < 1.29 is 13.7 Å². The van der Waals surface area contributed by atoms with Gasteiger partial charge in [0.25, 0.3) is 0 Å². The Morgan fingerprint density at radius 1 is 1.14 bits per heavy atom. The molecule has 0 N–H and O–H groups in total. The van der Waals surface area contributed by atoms with E-state index in [0.717, 1.165) is 5.75 Å². The quantitative estimate of drug-likeness (QED) is 0.681. The number of nitrogens with zero attached hydrogens (tertiary/aromatic N) is 1. The summed E-state index contributed by atoms with van der Waals surface area (Å²) in [6.45, 7) is 0. The van der Waals surface area contributed by atoms with Gasteiger partial charge < -0.3 is 13.7 Å². The van der Waals surface area contributed by atoms with Crippen LogP contribution < -0.4 is 9.31 Å². The monoisotopic (exact) mass is 189 g/mol. The van der Waals surface area contributed by atoms with Gasteiger partial charge in [-0.2, -0.15) is 4.98 Å². The molecule has 0 aliphatic heterocycles. The molecule has 2 rings (SSSR count). The first-order valence-corrected chi connectivity index (χ1v) is 4.15. The second-order valence-electron chi connectivity index (χ2n) is 2.52. The highest BCUT2D eigenvalue weighted by Gasteiger charge is 2.01. The van der Waals surface area contributed by atoms with Crippen LogP contribution in [-0.4, -0.2) is 12.7 Å². The third kappa shape index (κ3) is 2.29. The maximum Gasteiger partial charge on any atom is 0.579 e. The Kier molecular flexibility index (Phi) is 2.71. The first kappa shape index (κ1) is 8.68. The minimum atomic E-state index is 0.0878. The molecule has 0 unspecified atom stereocenters. The maximum absolute atomic E-state index is 5.26. The van der Waals surface area contributed by atoms with Gasteiger partial charge in [-0.25, -0.2) is 0 Å². The number of hydrogen-bond acceptors (Lipinski definition) is 4. The van der Waals surface area contributed by atoms with E-state index in [1.54, 1.807) is 0 Å². The summed E-state index contributed by atoms with van der Waals surface area (Å²) in [7, 11) is 0.0878. The van der Waals surface area contributed by atoms with E-state index in [1.807, 2.05) is 30.3 Å². The lowest BCUT2D eigenvalue weighted by atomic mass is 10.3. The first-order chi connectivity index (χ1) is 6.95. The highest BCUT2D eigenvalue weighted by molar-refractivity contribution is 6.20. The van der Waals surface area contributed by atoms with Crippen molar-refractivity contribution in [3.63, 3.8) is 0 Å². The fraction of sp³-hybridized carbons (Fsp3) is 0. The van der Waals surface area contributed by atoms with Crippen molar-refractivity contribution in [2.24, 2.45) is 0 Å². The number of aromatic nitrogens is 1. The van der Waals surface area contributed by atoms with Crippen LogP contribution in [0.4, 0.5) is 0 Å². The van der Waals surface area contributed by atoms with Crippen molar-refractivity contribution in [2.45, 2.75) is 0 Å². The van der Waals surface area contributed by atoms with Gasteiger partial charge in [0.05, 0.1) is 6.20 Å². The maximum atomic E-state index is 5.26. The average Bonchev–Trinajstić information content (AvgIpc) is 2.72. The SMILES string of the molecule is B(Oc1ccccc1)Oc1ncco1. The minimum absolute atomic E-state index is 0.0878. The van der Waals surface area contributed by atoms with Crippen LogP contribution in [-0.2, 0) is 0 Å². The molecule has 0 fully saturated rings. The van der Waals surface area contributed by atoms with Crippen molar-refractivity contribution in [3.8, 4) is 11.8 Å². The van der Waals surface area contributed by atoms with E-state index >= 15 is 0 Å². The molecule has 0 spiro atoms. The number of oxazole rings is 1. The summed E-state index contributed by atoms with van der Waals surface area (Å²) >= 11 is 0. The van der Waals surface area contributed by atoms with Gasteiger partial charge in [0, 0.05) is 0 Å². The van der Waals surface area contributed by atoms with Gasteiger partial charge in [-0.15, -0.1) is 0 Å². The normalized spacial score (nSPS) is 9.43. The Morgan fingerprint density at radius 2 is 2.00 bits per heavy atom. The zero-order chi connectivity index (χ0) is 9.64. The fourth-order valence-electron chi connectivity index (χ4n) is 0.946. The molecule has 5 heteroatoms. The van der Waals surface area contributed by atoms with Gasteiger partial charge in [-0.05, 0) is 12.1 Å². The molecule has 0 radical (unpaired) electrons. The second kappa shape index (κ2) is 4.36. The Morgan fingerprint density at radius 3 is 2.71 bits per heavy atom. The third-order valence-corrected chi connectivity index (χ3v) is 1.56. The summed E-state index contributed by atoms with van der Waals surface area (Å²) in [5.74, 6) is 0.749. The lowest BCUT2D eigenvalue weighted by Crippen LogP contribution is -2.10. The Bertz CT molecular complexity index is 363. The van der Waals surface area contributed by atoms with Crippen LogP contribution >= 0.6 is 0 Å². The molecule has 70 valence electrons. The summed E-state index contributed by atoms with van der Waals surface area (Å²) < 4.78 is 15.2. The number of para-hydroxylation sites is 1. The zero-order valence-corrected chi connectivity index (χ0v) is 7.42. The lowest BCUT2D eigenvalue weighted by Gasteiger charge is -2.02. The largest absolute Gasteiger partial charge is 0.579 e. The van der Waals surface area contributed by atoms with Crippen molar-refractivity contribution in [1.29, 1.82) is 0 Å². The minimum Gasteiger partial charge on any atom is -0.528 e. The van der Waals surface area contributed by atoms with E-state index < -0.39 is 0 Å². The standard InChI is InChI=1S/C9H8BNO3/c1-2-4-8(5-3-1)13-10-14-9-11-6-7-12-9/h1-7,10H. The van der Waals surface area contributed by atoms with E-state index in [1.165, 1.54) is 12.5 Å². The third-order valence-electron chi connectivity index (χ3n) is 1.56. The lowest BCUT2D eigenvalue weighted by molar-refractivity contribution is 0.348. The predicted octanol–water partition coefficient (Wildman–Crippen LogP) is 1.40. The average molecular weight is 189 g/mol. The molecular formula is C9H8BNO3. The second-order valence-corrected chi connectivity index (χ2v) is 2.52. The molecule has 2 aromatic rings. The van der Waals surface area contributed by atoms with Crippen molar-refractivity contribution in [1.82, 2.24) is 4.98 Å². The van der Waals surface area contributed by atoms with Gasteiger partial charge >= 0.3 is 13.8 Å². The van der Waals surface area contributed by atoms with E-state index in [2.05, 4.69) is 4.98 Å². The molecular weight excluding hydrogens is 181 g/mol. The highest BCUT2D eigenvalue weighted by Crippen LogP contribution is 2.08. The summed E-state index contributed by atoms with van der Waals surface area (Å²) in [5.41, 5.74) is 0. The molecule has 1 aromatic heterocycles. The van der Waals surface area contributed by atoms with E-state index in [9.17, 15) is 0 Å². The summed E-state index contributed by atoms with van der Waals surface area (Å²) in [6, 6.07) is 9.39. The molecule has 1 heterocycles. The number of rotatable bonds is 4. The summed E-state index contributed by atoms with van der Waals surface area (Å²) in [4.78, 5) is 3.78.